The SMILES string of the molecule is CCS(=O)(=O)NC1CCN(CCOc2ccc(Cl)cc2)CC1. The molecule has 0 spiro atoms. The zero-order valence-corrected chi connectivity index (χ0v) is 14.4. The van der Waals surface area contributed by atoms with Crippen LogP contribution in [0.15, 0.2) is 24.3 Å². The Balaban J connectivity index is 1.66. The number of sulfonamides is 1. The number of halogens is 1. The molecule has 1 saturated heterocycles. The minimum atomic E-state index is -3.10. The van der Waals surface area contributed by atoms with Crippen molar-refractivity contribution in [1.29, 1.82) is 0 Å². The molecular formula is C15H23ClN2O3S. The second kappa shape index (κ2) is 8.15. The normalized spacial score (nSPS) is 17.5. The molecule has 0 unspecified atom stereocenters. The van der Waals surface area contributed by atoms with E-state index in [1.165, 1.54) is 0 Å². The number of piperidine rings is 1. The Bertz CT molecular complexity index is 555. The molecule has 0 amide bonds. The number of rotatable bonds is 7. The maximum Gasteiger partial charge on any atom is 0.211 e. The van der Waals surface area contributed by atoms with Crippen molar-refractivity contribution >= 4 is 21.6 Å². The molecule has 0 aliphatic carbocycles. The maximum atomic E-state index is 11.5. The molecule has 1 N–H and O–H groups in total. The Morgan fingerprint density at radius 3 is 2.50 bits per heavy atom. The molecule has 1 aliphatic rings. The molecule has 0 atom stereocenters. The van der Waals surface area contributed by atoms with Gasteiger partial charge >= 0.3 is 0 Å². The van der Waals surface area contributed by atoms with E-state index in [1.807, 2.05) is 24.3 Å². The van der Waals surface area contributed by atoms with Crippen molar-refractivity contribution in [3.8, 4) is 5.75 Å². The molecule has 7 heteroatoms. The molecule has 1 fully saturated rings. The van der Waals surface area contributed by atoms with E-state index >= 15 is 0 Å². The van der Waals surface area contributed by atoms with E-state index in [2.05, 4.69) is 9.62 Å². The molecule has 0 saturated carbocycles. The average molecular weight is 347 g/mol. The number of hydrogen-bond donors (Lipinski definition) is 1. The highest BCUT2D eigenvalue weighted by Gasteiger charge is 2.22. The van der Waals surface area contributed by atoms with E-state index in [0.29, 0.717) is 11.6 Å². The highest BCUT2D eigenvalue weighted by molar-refractivity contribution is 7.89. The summed E-state index contributed by atoms with van der Waals surface area (Å²) >= 11 is 5.82. The van der Waals surface area contributed by atoms with Gasteiger partial charge in [-0.05, 0) is 57.1 Å². The van der Waals surface area contributed by atoms with Gasteiger partial charge in [-0.3, -0.25) is 4.90 Å². The Morgan fingerprint density at radius 1 is 1.27 bits per heavy atom. The van der Waals surface area contributed by atoms with Gasteiger partial charge in [0.25, 0.3) is 0 Å². The van der Waals surface area contributed by atoms with Gasteiger partial charge in [-0.2, -0.15) is 0 Å². The zero-order valence-electron chi connectivity index (χ0n) is 12.8. The number of likely N-dealkylation sites (tertiary alicyclic amines) is 1. The van der Waals surface area contributed by atoms with Crippen LogP contribution in [0.4, 0.5) is 0 Å². The lowest BCUT2D eigenvalue weighted by Crippen LogP contribution is -2.45. The predicted molar refractivity (Wildman–Crippen MR) is 89.0 cm³/mol. The van der Waals surface area contributed by atoms with Gasteiger partial charge in [0.2, 0.25) is 10.0 Å². The quantitative estimate of drug-likeness (QED) is 0.821. The van der Waals surface area contributed by atoms with Crippen molar-refractivity contribution in [3.05, 3.63) is 29.3 Å². The van der Waals surface area contributed by atoms with Crippen molar-refractivity contribution in [2.24, 2.45) is 0 Å². The Kier molecular flexibility index (Phi) is 6.50. The van der Waals surface area contributed by atoms with E-state index in [9.17, 15) is 8.42 Å². The van der Waals surface area contributed by atoms with Crippen LogP contribution in [0.3, 0.4) is 0 Å². The zero-order chi connectivity index (χ0) is 16.0. The van der Waals surface area contributed by atoms with Crippen LogP contribution in [0.2, 0.25) is 5.02 Å². The van der Waals surface area contributed by atoms with Crippen molar-refractivity contribution in [2.45, 2.75) is 25.8 Å². The van der Waals surface area contributed by atoms with Gasteiger partial charge in [0.15, 0.2) is 0 Å². The largest absolute Gasteiger partial charge is 0.492 e. The fraction of sp³-hybridized carbons (Fsp3) is 0.600. The summed E-state index contributed by atoms with van der Waals surface area (Å²) in [6, 6.07) is 7.39. The van der Waals surface area contributed by atoms with E-state index in [0.717, 1.165) is 38.2 Å². The molecule has 1 aromatic carbocycles. The summed E-state index contributed by atoms with van der Waals surface area (Å²) < 4.78 is 31.5. The van der Waals surface area contributed by atoms with Crippen LogP contribution in [0, 0.1) is 0 Å². The maximum absolute atomic E-state index is 11.5. The van der Waals surface area contributed by atoms with Crippen LogP contribution >= 0.6 is 11.6 Å². The van der Waals surface area contributed by atoms with E-state index in [-0.39, 0.29) is 11.8 Å². The smallest absolute Gasteiger partial charge is 0.211 e. The second-order valence-corrected chi connectivity index (χ2v) is 7.92. The third-order valence-electron chi connectivity index (χ3n) is 3.80. The molecule has 124 valence electrons. The summed E-state index contributed by atoms with van der Waals surface area (Å²) in [4.78, 5) is 2.30. The molecule has 0 bridgehead atoms. The lowest BCUT2D eigenvalue weighted by molar-refractivity contribution is 0.170. The minimum absolute atomic E-state index is 0.0679. The third kappa shape index (κ3) is 5.76. The summed E-state index contributed by atoms with van der Waals surface area (Å²) in [5.41, 5.74) is 0. The second-order valence-electron chi connectivity index (χ2n) is 5.44. The molecule has 1 heterocycles. The summed E-state index contributed by atoms with van der Waals surface area (Å²) in [7, 11) is -3.10. The standard InChI is InChI=1S/C15H23ClN2O3S/c1-2-22(19,20)17-14-7-9-18(10-8-14)11-12-21-15-5-3-13(16)4-6-15/h3-6,14,17H,2,7-12H2,1H3. The molecule has 2 rings (SSSR count). The van der Waals surface area contributed by atoms with Gasteiger partial charge in [0.05, 0.1) is 5.75 Å². The van der Waals surface area contributed by atoms with E-state index < -0.39 is 10.0 Å². The fourth-order valence-electron chi connectivity index (χ4n) is 2.44. The van der Waals surface area contributed by atoms with Gasteiger partial charge in [-0.25, -0.2) is 13.1 Å². The Labute approximate surface area is 137 Å². The first-order chi connectivity index (χ1) is 10.5. The predicted octanol–water partition coefficient (Wildman–Crippen LogP) is 2.12. The Hall–Kier alpha value is -0.820. The molecule has 22 heavy (non-hydrogen) atoms. The number of hydrogen-bond acceptors (Lipinski definition) is 4. The van der Waals surface area contributed by atoms with Crippen LogP contribution in [0.5, 0.6) is 5.75 Å². The lowest BCUT2D eigenvalue weighted by atomic mass is 10.1. The molecule has 1 aliphatic heterocycles. The lowest BCUT2D eigenvalue weighted by Gasteiger charge is -2.31. The number of nitrogens with zero attached hydrogens (tertiary/aromatic N) is 1. The molecule has 0 radical (unpaired) electrons. The molecule has 1 aromatic rings. The molecular weight excluding hydrogens is 324 g/mol. The summed E-state index contributed by atoms with van der Waals surface area (Å²) in [5.74, 6) is 0.956. The fourth-order valence-corrected chi connectivity index (χ4v) is 3.47. The third-order valence-corrected chi connectivity index (χ3v) is 5.51. The van der Waals surface area contributed by atoms with Crippen molar-refractivity contribution in [3.63, 3.8) is 0 Å². The van der Waals surface area contributed by atoms with Gasteiger partial charge in [-0.1, -0.05) is 11.6 Å². The van der Waals surface area contributed by atoms with Crippen LogP contribution in [0.25, 0.3) is 0 Å². The summed E-state index contributed by atoms with van der Waals surface area (Å²) in [6.07, 6.45) is 1.69. The van der Waals surface area contributed by atoms with Crippen molar-refractivity contribution in [1.82, 2.24) is 9.62 Å². The number of nitrogens with one attached hydrogen (secondary N) is 1. The highest BCUT2D eigenvalue weighted by atomic mass is 35.5. The number of benzene rings is 1. The molecule has 5 nitrogen and oxygen atoms in total. The van der Waals surface area contributed by atoms with Crippen molar-refractivity contribution < 1.29 is 13.2 Å². The first-order valence-corrected chi connectivity index (χ1v) is 9.62. The Morgan fingerprint density at radius 2 is 1.91 bits per heavy atom. The van der Waals surface area contributed by atoms with Crippen LogP contribution in [0.1, 0.15) is 19.8 Å². The first-order valence-electron chi connectivity index (χ1n) is 7.59. The van der Waals surface area contributed by atoms with Crippen LogP contribution in [-0.4, -0.2) is 51.4 Å². The monoisotopic (exact) mass is 346 g/mol. The number of ether oxygens (including phenoxy) is 1. The van der Waals surface area contributed by atoms with Gasteiger partial charge in [0.1, 0.15) is 12.4 Å². The highest BCUT2D eigenvalue weighted by Crippen LogP contribution is 2.16. The molecule has 0 aromatic heterocycles. The van der Waals surface area contributed by atoms with Crippen LogP contribution in [-0.2, 0) is 10.0 Å². The first kappa shape index (κ1) is 17.5. The summed E-state index contributed by atoms with van der Waals surface area (Å²) in [5, 5.41) is 0.698. The van der Waals surface area contributed by atoms with Crippen LogP contribution < -0.4 is 9.46 Å². The van der Waals surface area contributed by atoms with E-state index in [4.69, 9.17) is 16.3 Å². The van der Waals surface area contributed by atoms with Gasteiger partial charge < -0.3 is 4.74 Å². The van der Waals surface area contributed by atoms with Gasteiger partial charge in [-0.15, -0.1) is 0 Å². The van der Waals surface area contributed by atoms with E-state index in [1.54, 1.807) is 6.92 Å². The summed E-state index contributed by atoms with van der Waals surface area (Å²) in [6.45, 7) is 4.90. The van der Waals surface area contributed by atoms with Crippen molar-refractivity contribution in [2.75, 3.05) is 32.0 Å². The average Bonchev–Trinajstić information content (AvgIpc) is 2.51. The minimum Gasteiger partial charge on any atom is -0.492 e. The topological polar surface area (TPSA) is 58.6 Å². The van der Waals surface area contributed by atoms with Gasteiger partial charge in [0, 0.05) is 17.6 Å².